The first-order valence-electron chi connectivity index (χ1n) is 8.22. The van der Waals surface area contributed by atoms with Crippen LogP contribution in [0.2, 0.25) is 0 Å². The maximum absolute atomic E-state index is 11.6. The zero-order valence-electron chi connectivity index (χ0n) is 12.8. The molecule has 1 amide bonds. The standard InChI is InChI=1S/C16H23N3O3/c20-16-19-8-7-18(10-14(19)12-22-16)13-3-5-17(6-4-13)11-15-2-1-9-21-15/h1-2,9,13-14H,3-8,10-12H2/t14-/m1/s1. The van der Waals surface area contributed by atoms with Gasteiger partial charge in [-0.1, -0.05) is 0 Å². The Bertz CT molecular complexity index is 511. The number of piperidine rings is 1. The number of ether oxygens (including phenoxy) is 1. The molecule has 3 aliphatic rings. The van der Waals surface area contributed by atoms with E-state index in [1.807, 2.05) is 17.0 Å². The van der Waals surface area contributed by atoms with E-state index in [0.717, 1.165) is 45.0 Å². The van der Waals surface area contributed by atoms with Crippen LogP contribution in [-0.2, 0) is 11.3 Å². The largest absolute Gasteiger partial charge is 0.468 e. The minimum atomic E-state index is -0.127. The molecular formula is C16H23N3O3. The van der Waals surface area contributed by atoms with E-state index in [4.69, 9.17) is 9.15 Å². The number of piperazine rings is 1. The first-order chi connectivity index (χ1) is 10.8. The zero-order chi connectivity index (χ0) is 14.9. The van der Waals surface area contributed by atoms with Gasteiger partial charge in [0.15, 0.2) is 0 Å². The molecule has 0 saturated carbocycles. The molecule has 1 atom stereocenters. The van der Waals surface area contributed by atoms with Gasteiger partial charge in [0, 0.05) is 38.8 Å². The molecule has 4 heterocycles. The quantitative estimate of drug-likeness (QED) is 0.844. The van der Waals surface area contributed by atoms with E-state index in [-0.39, 0.29) is 12.1 Å². The number of cyclic esters (lactones) is 1. The maximum atomic E-state index is 11.6. The Morgan fingerprint density at radius 3 is 2.77 bits per heavy atom. The highest BCUT2D eigenvalue weighted by Gasteiger charge is 2.39. The highest BCUT2D eigenvalue weighted by atomic mass is 16.6. The molecule has 1 aromatic rings. The van der Waals surface area contributed by atoms with Crippen LogP contribution in [-0.4, -0.2) is 72.2 Å². The molecule has 0 N–H and O–H groups in total. The molecule has 120 valence electrons. The number of amides is 1. The minimum absolute atomic E-state index is 0.127. The molecular weight excluding hydrogens is 282 g/mol. The SMILES string of the molecule is O=C1OC[C@H]2CN(C3CCN(Cc4ccco4)CC3)CCN12. The summed E-state index contributed by atoms with van der Waals surface area (Å²) < 4.78 is 10.6. The second-order valence-electron chi connectivity index (χ2n) is 6.51. The van der Waals surface area contributed by atoms with Gasteiger partial charge in [0.1, 0.15) is 12.4 Å². The van der Waals surface area contributed by atoms with Gasteiger partial charge < -0.3 is 9.15 Å². The summed E-state index contributed by atoms with van der Waals surface area (Å²) in [5.74, 6) is 1.05. The molecule has 0 spiro atoms. The Balaban J connectivity index is 1.28. The molecule has 0 aliphatic carbocycles. The molecule has 0 aromatic carbocycles. The van der Waals surface area contributed by atoms with Crippen molar-refractivity contribution in [3.05, 3.63) is 24.2 Å². The van der Waals surface area contributed by atoms with Crippen LogP contribution in [0, 0.1) is 0 Å². The summed E-state index contributed by atoms with van der Waals surface area (Å²) in [6.45, 7) is 6.47. The first kappa shape index (κ1) is 14.1. The smallest absolute Gasteiger partial charge is 0.410 e. The fraction of sp³-hybridized carbons (Fsp3) is 0.688. The van der Waals surface area contributed by atoms with Gasteiger partial charge in [-0.3, -0.25) is 14.7 Å². The summed E-state index contributed by atoms with van der Waals surface area (Å²) in [5.41, 5.74) is 0. The fourth-order valence-corrected chi connectivity index (χ4v) is 3.91. The zero-order valence-corrected chi connectivity index (χ0v) is 12.8. The Kier molecular flexibility index (Phi) is 3.80. The van der Waals surface area contributed by atoms with Crippen LogP contribution < -0.4 is 0 Å². The average Bonchev–Trinajstić information content (AvgIpc) is 3.18. The lowest BCUT2D eigenvalue weighted by Crippen LogP contribution is -2.56. The maximum Gasteiger partial charge on any atom is 0.410 e. The topological polar surface area (TPSA) is 49.2 Å². The molecule has 0 radical (unpaired) electrons. The number of fused-ring (bicyclic) bond motifs is 1. The summed E-state index contributed by atoms with van der Waals surface area (Å²) in [6.07, 6.45) is 4.01. The van der Waals surface area contributed by atoms with E-state index in [2.05, 4.69) is 9.80 Å². The number of nitrogens with zero attached hydrogens (tertiary/aromatic N) is 3. The third-order valence-corrected chi connectivity index (χ3v) is 5.18. The van der Waals surface area contributed by atoms with Gasteiger partial charge in [0.2, 0.25) is 0 Å². The van der Waals surface area contributed by atoms with Crippen LogP contribution >= 0.6 is 0 Å². The minimum Gasteiger partial charge on any atom is -0.468 e. The summed E-state index contributed by atoms with van der Waals surface area (Å²) in [6, 6.07) is 4.91. The third-order valence-electron chi connectivity index (χ3n) is 5.18. The normalized spacial score (nSPS) is 27.9. The van der Waals surface area contributed by atoms with E-state index < -0.39 is 0 Å². The molecule has 3 aliphatic heterocycles. The van der Waals surface area contributed by atoms with E-state index in [9.17, 15) is 4.79 Å². The number of hydrogen-bond acceptors (Lipinski definition) is 5. The van der Waals surface area contributed by atoms with Crippen LogP contribution in [0.3, 0.4) is 0 Å². The molecule has 3 saturated heterocycles. The van der Waals surface area contributed by atoms with Crippen molar-refractivity contribution in [2.45, 2.75) is 31.5 Å². The van der Waals surface area contributed by atoms with Crippen molar-refractivity contribution >= 4 is 6.09 Å². The van der Waals surface area contributed by atoms with Crippen molar-refractivity contribution in [3.8, 4) is 0 Å². The average molecular weight is 305 g/mol. The lowest BCUT2D eigenvalue weighted by Gasteiger charge is -2.43. The monoisotopic (exact) mass is 305 g/mol. The number of furan rings is 1. The van der Waals surface area contributed by atoms with Crippen LogP contribution in [0.5, 0.6) is 0 Å². The Morgan fingerprint density at radius 1 is 1.14 bits per heavy atom. The lowest BCUT2D eigenvalue weighted by molar-refractivity contribution is 0.0510. The highest BCUT2D eigenvalue weighted by molar-refractivity contribution is 5.70. The van der Waals surface area contributed by atoms with E-state index >= 15 is 0 Å². The molecule has 3 fully saturated rings. The molecule has 1 aromatic heterocycles. The number of carbonyl (C=O) groups excluding carboxylic acids is 1. The van der Waals surface area contributed by atoms with E-state index in [0.29, 0.717) is 12.6 Å². The van der Waals surface area contributed by atoms with Gasteiger partial charge in [0.25, 0.3) is 0 Å². The van der Waals surface area contributed by atoms with Gasteiger partial charge in [-0.05, 0) is 25.0 Å². The Morgan fingerprint density at radius 2 is 2.00 bits per heavy atom. The highest BCUT2D eigenvalue weighted by Crippen LogP contribution is 2.24. The van der Waals surface area contributed by atoms with Crippen LogP contribution in [0.25, 0.3) is 0 Å². The number of likely N-dealkylation sites (tertiary alicyclic amines) is 1. The van der Waals surface area contributed by atoms with Crippen molar-refractivity contribution in [3.63, 3.8) is 0 Å². The van der Waals surface area contributed by atoms with Crippen molar-refractivity contribution in [2.75, 3.05) is 39.3 Å². The van der Waals surface area contributed by atoms with Crippen molar-refractivity contribution in [2.24, 2.45) is 0 Å². The number of hydrogen-bond donors (Lipinski definition) is 0. The van der Waals surface area contributed by atoms with Gasteiger partial charge in [0.05, 0.1) is 18.8 Å². The number of carbonyl (C=O) groups is 1. The lowest BCUT2D eigenvalue weighted by atomic mass is 10.0. The molecule has 6 heteroatoms. The second-order valence-corrected chi connectivity index (χ2v) is 6.51. The summed E-state index contributed by atoms with van der Waals surface area (Å²) >= 11 is 0. The predicted octanol–water partition coefficient (Wildman–Crippen LogP) is 1.38. The molecule has 0 unspecified atom stereocenters. The van der Waals surface area contributed by atoms with Crippen molar-refractivity contribution in [1.82, 2.24) is 14.7 Å². The van der Waals surface area contributed by atoms with E-state index in [1.165, 1.54) is 12.8 Å². The van der Waals surface area contributed by atoms with Crippen molar-refractivity contribution in [1.29, 1.82) is 0 Å². The molecule has 0 bridgehead atoms. The molecule has 6 nitrogen and oxygen atoms in total. The van der Waals surface area contributed by atoms with Gasteiger partial charge >= 0.3 is 6.09 Å². The van der Waals surface area contributed by atoms with Crippen molar-refractivity contribution < 1.29 is 13.9 Å². The van der Waals surface area contributed by atoms with Crippen LogP contribution in [0.1, 0.15) is 18.6 Å². The predicted molar refractivity (Wildman–Crippen MR) is 80.4 cm³/mol. The molecule has 4 rings (SSSR count). The van der Waals surface area contributed by atoms with Gasteiger partial charge in [-0.15, -0.1) is 0 Å². The Hall–Kier alpha value is -1.53. The van der Waals surface area contributed by atoms with Crippen LogP contribution in [0.4, 0.5) is 4.79 Å². The first-order valence-corrected chi connectivity index (χ1v) is 8.22. The van der Waals surface area contributed by atoms with E-state index in [1.54, 1.807) is 6.26 Å². The van der Waals surface area contributed by atoms with Gasteiger partial charge in [-0.2, -0.15) is 0 Å². The summed E-state index contributed by atoms with van der Waals surface area (Å²) in [5, 5.41) is 0. The summed E-state index contributed by atoms with van der Waals surface area (Å²) in [7, 11) is 0. The van der Waals surface area contributed by atoms with Crippen LogP contribution in [0.15, 0.2) is 22.8 Å². The Labute approximate surface area is 130 Å². The molecule has 22 heavy (non-hydrogen) atoms. The fourth-order valence-electron chi connectivity index (χ4n) is 3.91. The third kappa shape index (κ3) is 2.73. The second kappa shape index (κ2) is 5.93. The summed E-state index contributed by atoms with van der Waals surface area (Å²) in [4.78, 5) is 18.5. The van der Waals surface area contributed by atoms with Gasteiger partial charge in [-0.25, -0.2) is 4.79 Å². The number of rotatable bonds is 3.